The summed E-state index contributed by atoms with van der Waals surface area (Å²) in [6, 6.07) is 7.24. The van der Waals surface area contributed by atoms with Gasteiger partial charge in [-0.25, -0.2) is 4.79 Å². The number of H-pyrrole nitrogens is 1. The quantitative estimate of drug-likeness (QED) is 0.702. The molecule has 7 nitrogen and oxygen atoms in total. The van der Waals surface area contributed by atoms with Gasteiger partial charge in [0.1, 0.15) is 11.3 Å². The zero-order valence-electron chi connectivity index (χ0n) is 12.7. The van der Waals surface area contributed by atoms with Crippen molar-refractivity contribution < 1.29 is 9.21 Å². The average molecular weight is 345 g/mol. The average Bonchev–Trinajstić information content (AvgIpc) is 3.25. The first-order chi connectivity index (χ1) is 11.6. The largest absolute Gasteiger partial charge is 0.467 e. The Labute approximate surface area is 140 Å². The van der Waals surface area contributed by atoms with Gasteiger partial charge in [0.25, 0.3) is 11.5 Å². The fourth-order valence-electron chi connectivity index (χ4n) is 2.23. The summed E-state index contributed by atoms with van der Waals surface area (Å²) in [5.41, 5.74) is -1.34. The highest BCUT2D eigenvalue weighted by molar-refractivity contribution is 7.09. The number of nitrogens with one attached hydrogen (secondary N) is 2. The molecule has 0 atom stereocenters. The lowest BCUT2D eigenvalue weighted by molar-refractivity contribution is 0.0951. The first-order valence-electron chi connectivity index (χ1n) is 7.30. The Balaban J connectivity index is 1.74. The summed E-state index contributed by atoms with van der Waals surface area (Å²) < 4.78 is 6.08. The van der Waals surface area contributed by atoms with E-state index in [1.165, 1.54) is 6.26 Å². The first-order valence-corrected chi connectivity index (χ1v) is 8.18. The van der Waals surface area contributed by atoms with E-state index in [9.17, 15) is 14.4 Å². The predicted molar refractivity (Wildman–Crippen MR) is 89.5 cm³/mol. The molecule has 24 heavy (non-hydrogen) atoms. The molecule has 124 valence electrons. The van der Waals surface area contributed by atoms with E-state index >= 15 is 0 Å². The molecule has 3 aromatic rings. The maximum Gasteiger partial charge on any atom is 0.328 e. The lowest BCUT2D eigenvalue weighted by Gasteiger charge is -2.07. The number of carbonyl (C=O) groups is 1. The van der Waals surface area contributed by atoms with E-state index in [0.717, 1.165) is 15.6 Å². The number of rotatable bonds is 6. The van der Waals surface area contributed by atoms with Crippen LogP contribution in [0.2, 0.25) is 0 Å². The van der Waals surface area contributed by atoms with Crippen LogP contribution in [0, 0.1) is 0 Å². The summed E-state index contributed by atoms with van der Waals surface area (Å²) in [4.78, 5) is 40.0. The second kappa shape index (κ2) is 7.14. The number of aromatic nitrogens is 2. The third-order valence-corrected chi connectivity index (χ3v) is 4.37. The lowest BCUT2D eigenvalue weighted by atomic mass is 10.3. The SMILES string of the molecule is O=C(NCCc1cccs1)c1c[nH]c(=O)n(Cc2ccco2)c1=O. The Morgan fingerprint density at radius 1 is 1.29 bits per heavy atom. The van der Waals surface area contributed by atoms with Crippen molar-refractivity contribution in [3.63, 3.8) is 0 Å². The van der Waals surface area contributed by atoms with Crippen LogP contribution in [0.15, 0.2) is 56.1 Å². The van der Waals surface area contributed by atoms with Crippen LogP contribution >= 0.6 is 11.3 Å². The number of furan rings is 1. The van der Waals surface area contributed by atoms with Crippen molar-refractivity contribution >= 4 is 17.2 Å². The molecule has 3 heterocycles. The maximum atomic E-state index is 12.4. The maximum absolute atomic E-state index is 12.4. The van der Waals surface area contributed by atoms with E-state index < -0.39 is 17.2 Å². The Morgan fingerprint density at radius 2 is 2.17 bits per heavy atom. The minimum Gasteiger partial charge on any atom is -0.467 e. The molecule has 0 spiro atoms. The van der Waals surface area contributed by atoms with E-state index in [1.807, 2.05) is 17.5 Å². The van der Waals surface area contributed by atoms with Gasteiger partial charge < -0.3 is 14.7 Å². The molecule has 0 aliphatic rings. The molecule has 0 saturated heterocycles. The van der Waals surface area contributed by atoms with Gasteiger partial charge in [-0.2, -0.15) is 0 Å². The number of thiophene rings is 1. The van der Waals surface area contributed by atoms with E-state index in [1.54, 1.807) is 23.5 Å². The van der Waals surface area contributed by atoms with E-state index in [2.05, 4.69) is 10.3 Å². The van der Waals surface area contributed by atoms with Crippen LogP contribution in [0.25, 0.3) is 0 Å². The Kier molecular flexibility index (Phi) is 4.76. The van der Waals surface area contributed by atoms with E-state index in [4.69, 9.17) is 4.42 Å². The van der Waals surface area contributed by atoms with Crippen LogP contribution in [0.1, 0.15) is 21.0 Å². The minimum absolute atomic E-state index is 0.0303. The summed E-state index contributed by atoms with van der Waals surface area (Å²) in [5.74, 6) is -0.0566. The smallest absolute Gasteiger partial charge is 0.328 e. The Hall–Kier alpha value is -2.87. The van der Waals surface area contributed by atoms with Crippen LogP contribution < -0.4 is 16.6 Å². The molecule has 0 saturated carbocycles. The number of amides is 1. The summed E-state index contributed by atoms with van der Waals surface area (Å²) in [7, 11) is 0. The highest BCUT2D eigenvalue weighted by atomic mass is 32.1. The van der Waals surface area contributed by atoms with Gasteiger partial charge >= 0.3 is 5.69 Å². The zero-order valence-corrected chi connectivity index (χ0v) is 13.5. The van der Waals surface area contributed by atoms with Gasteiger partial charge in [0.15, 0.2) is 0 Å². The highest BCUT2D eigenvalue weighted by Crippen LogP contribution is 2.08. The molecule has 2 N–H and O–H groups in total. The second-order valence-electron chi connectivity index (χ2n) is 5.06. The van der Waals surface area contributed by atoms with Crippen molar-refractivity contribution in [2.45, 2.75) is 13.0 Å². The molecular formula is C16H15N3O4S. The molecule has 0 bridgehead atoms. The van der Waals surface area contributed by atoms with Gasteiger partial charge in [-0.1, -0.05) is 6.07 Å². The van der Waals surface area contributed by atoms with Crippen molar-refractivity contribution in [2.75, 3.05) is 6.54 Å². The first kappa shape index (κ1) is 16.0. The third-order valence-electron chi connectivity index (χ3n) is 3.44. The fourth-order valence-corrected chi connectivity index (χ4v) is 2.93. The van der Waals surface area contributed by atoms with Gasteiger partial charge in [0.05, 0.1) is 12.8 Å². The van der Waals surface area contributed by atoms with Crippen LogP contribution in [-0.4, -0.2) is 22.0 Å². The molecule has 0 radical (unpaired) electrons. The van der Waals surface area contributed by atoms with Crippen LogP contribution in [0.5, 0.6) is 0 Å². The van der Waals surface area contributed by atoms with Gasteiger partial charge in [-0.3, -0.25) is 14.2 Å². The monoisotopic (exact) mass is 345 g/mol. The van der Waals surface area contributed by atoms with Gasteiger partial charge in [-0.05, 0) is 30.0 Å². The number of hydrogen-bond acceptors (Lipinski definition) is 5. The normalized spacial score (nSPS) is 10.7. The van der Waals surface area contributed by atoms with Crippen molar-refractivity contribution in [1.82, 2.24) is 14.9 Å². The van der Waals surface area contributed by atoms with Crippen LogP contribution in [-0.2, 0) is 13.0 Å². The summed E-state index contributed by atoms with van der Waals surface area (Å²) in [6.07, 6.45) is 3.28. The molecule has 3 rings (SSSR count). The highest BCUT2D eigenvalue weighted by Gasteiger charge is 2.15. The predicted octanol–water partition coefficient (Wildman–Crippen LogP) is 1.21. The second-order valence-corrected chi connectivity index (χ2v) is 6.10. The summed E-state index contributed by atoms with van der Waals surface area (Å²) in [6.45, 7) is 0.383. The molecule has 0 aliphatic carbocycles. The number of aromatic amines is 1. The number of hydrogen-bond donors (Lipinski definition) is 2. The van der Waals surface area contributed by atoms with Gasteiger partial charge in [-0.15, -0.1) is 11.3 Å². The Morgan fingerprint density at radius 3 is 2.88 bits per heavy atom. The topological polar surface area (TPSA) is 97.1 Å². The molecule has 8 heteroatoms. The standard InChI is InChI=1S/C16H15N3O4S/c20-14(17-6-5-12-4-2-8-24-12)13-9-18-16(22)19(15(13)21)10-11-3-1-7-23-11/h1-4,7-9H,5-6,10H2,(H,17,20)(H,18,22). The summed E-state index contributed by atoms with van der Waals surface area (Å²) >= 11 is 1.60. The summed E-state index contributed by atoms with van der Waals surface area (Å²) in [5, 5.41) is 4.66. The lowest BCUT2D eigenvalue weighted by Crippen LogP contribution is -2.41. The van der Waals surface area contributed by atoms with Gasteiger partial charge in [0.2, 0.25) is 0 Å². The van der Waals surface area contributed by atoms with Crippen molar-refractivity contribution in [3.05, 3.63) is 79.1 Å². The molecular weight excluding hydrogens is 330 g/mol. The fraction of sp³-hybridized carbons (Fsp3) is 0.188. The number of nitrogens with zero attached hydrogens (tertiary/aromatic N) is 1. The van der Waals surface area contributed by atoms with Crippen LogP contribution in [0.3, 0.4) is 0 Å². The molecule has 0 aliphatic heterocycles. The zero-order chi connectivity index (χ0) is 16.9. The number of carbonyl (C=O) groups excluding carboxylic acids is 1. The minimum atomic E-state index is -0.649. The Bertz CT molecular complexity index is 923. The van der Waals surface area contributed by atoms with Crippen molar-refractivity contribution in [3.8, 4) is 0 Å². The molecule has 0 unspecified atom stereocenters. The molecule has 0 fully saturated rings. The van der Waals surface area contributed by atoms with E-state index in [-0.39, 0.29) is 12.1 Å². The van der Waals surface area contributed by atoms with Gasteiger partial charge in [0, 0.05) is 17.6 Å². The van der Waals surface area contributed by atoms with Crippen molar-refractivity contribution in [1.29, 1.82) is 0 Å². The molecule has 0 aromatic carbocycles. The van der Waals surface area contributed by atoms with E-state index in [0.29, 0.717) is 18.7 Å². The molecule has 3 aromatic heterocycles. The third kappa shape index (κ3) is 3.54. The molecule has 1 amide bonds. The van der Waals surface area contributed by atoms with Crippen LogP contribution in [0.4, 0.5) is 0 Å². The van der Waals surface area contributed by atoms with Crippen molar-refractivity contribution in [2.24, 2.45) is 0 Å².